The van der Waals surface area contributed by atoms with Gasteiger partial charge in [-0.05, 0) is 44.2 Å². The number of hydrogen-bond donors (Lipinski definition) is 1. The van der Waals surface area contributed by atoms with Crippen molar-refractivity contribution < 1.29 is 4.79 Å². The predicted octanol–water partition coefficient (Wildman–Crippen LogP) is 1.49. The van der Waals surface area contributed by atoms with Gasteiger partial charge in [0.15, 0.2) is 0 Å². The van der Waals surface area contributed by atoms with E-state index in [-0.39, 0.29) is 0 Å². The molecule has 3 nitrogen and oxygen atoms in total. The normalized spacial score (nSPS) is 31.6. The Hall–Kier alpha value is -0.570. The smallest absolute Gasteiger partial charge is 0.223 e. The maximum Gasteiger partial charge on any atom is 0.223 e. The van der Waals surface area contributed by atoms with Crippen molar-refractivity contribution in [1.82, 2.24) is 10.2 Å². The van der Waals surface area contributed by atoms with Gasteiger partial charge in [-0.15, -0.1) is 0 Å². The van der Waals surface area contributed by atoms with Gasteiger partial charge in [0.25, 0.3) is 0 Å². The van der Waals surface area contributed by atoms with Crippen molar-refractivity contribution in [3.63, 3.8) is 0 Å². The molecule has 2 fully saturated rings. The van der Waals surface area contributed by atoms with E-state index in [2.05, 4.69) is 24.1 Å². The lowest BCUT2D eigenvalue weighted by molar-refractivity contribution is -0.125. The minimum atomic E-state index is 0.305. The molecular weight excluding hydrogens is 200 g/mol. The molecule has 0 bridgehead atoms. The summed E-state index contributed by atoms with van der Waals surface area (Å²) in [6.45, 7) is 8.26. The average Bonchev–Trinajstić information content (AvgIpc) is 2.91. The molecule has 0 heterocycles. The van der Waals surface area contributed by atoms with E-state index in [0.29, 0.717) is 11.8 Å². The van der Waals surface area contributed by atoms with Crippen molar-refractivity contribution in [2.24, 2.45) is 17.8 Å². The van der Waals surface area contributed by atoms with E-state index >= 15 is 0 Å². The molecule has 1 N–H and O–H groups in total. The first kappa shape index (κ1) is 11.9. The van der Waals surface area contributed by atoms with E-state index in [1.807, 2.05) is 0 Å². The fourth-order valence-corrected chi connectivity index (χ4v) is 2.95. The van der Waals surface area contributed by atoms with Crippen molar-refractivity contribution in [3.8, 4) is 0 Å². The molecule has 2 rings (SSSR count). The van der Waals surface area contributed by atoms with Crippen LogP contribution in [0.1, 0.15) is 33.1 Å². The maximum absolute atomic E-state index is 11.8. The maximum atomic E-state index is 11.8. The highest BCUT2D eigenvalue weighted by Crippen LogP contribution is 2.54. The van der Waals surface area contributed by atoms with Crippen molar-refractivity contribution in [3.05, 3.63) is 0 Å². The average molecular weight is 224 g/mol. The summed E-state index contributed by atoms with van der Waals surface area (Å²) in [4.78, 5) is 14.2. The third-order valence-corrected chi connectivity index (χ3v) is 4.24. The molecule has 2 unspecified atom stereocenters. The summed E-state index contributed by atoms with van der Waals surface area (Å²) in [6.07, 6.45) is 3.70. The molecule has 0 aromatic heterocycles. The van der Waals surface area contributed by atoms with Gasteiger partial charge in [-0.25, -0.2) is 0 Å². The highest BCUT2D eigenvalue weighted by atomic mass is 16.1. The standard InChI is InChI=1S/C13H24N2O/c1-3-15(4-2)6-5-14-13(16)12-8-10-7-11(10)9-12/h10-12H,3-9H2,1-2H3,(H,14,16). The summed E-state index contributed by atoms with van der Waals surface area (Å²) < 4.78 is 0. The molecule has 0 aliphatic heterocycles. The molecule has 0 spiro atoms. The van der Waals surface area contributed by atoms with Gasteiger partial charge >= 0.3 is 0 Å². The number of likely N-dealkylation sites (N-methyl/N-ethyl adjacent to an activating group) is 1. The molecular formula is C13H24N2O. The molecule has 16 heavy (non-hydrogen) atoms. The molecule has 2 atom stereocenters. The van der Waals surface area contributed by atoms with Gasteiger partial charge in [-0.3, -0.25) is 4.79 Å². The monoisotopic (exact) mass is 224 g/mol. The van der Waals surface area contributed by atoms with E-state index in [0.717, 1.165) is 50.9 Å². The Balaban J connectivity index is 1.60. The second-order valence-electron chi connectivity index (χ2n) is 5.24. The molecule has 0 saturated heterocycles. The molecule has 2 aliphatic carbocycles. The van der Waals surface area contributed by atoms with Gasteiger partial charge < -0.3 is 10.2 Å². The lowest BCUT2D eigenvalue weighted by Gasteiger charge is -2.19. The van der Waals surface area contributed by atoms with Crippen LogP contribution in [0.5, 0.6) is 0 Å². The van der Waals surface area contributed by atoms with Crippen molar-refractivity contribution in [1.29, 1.82) is 0 Å². The Morgan fingerprint density at radius 1 is 1.19 bits per heavy atom. The Bertz CT molecular complexity index is 240. The number of nitrogens with zero attached hydrogens (tertiary/aromatic N) is 1. The molecule has 92 valence electrons. The Morgan fingerprint density at radius 3 is 2.38 bits per heavy atom. The minimum absolute atomic E-state index is 0.305. The summed E-state index contributed by atoms with van der Waals surface area (Å²) >= 11 is 0. The highest BCUT2D eigenvalue weighted by molar-refractivity contribution is 5.79. The van der Waals surface area contributed by atoms with Gasteiger partial charge in [0, 0.05) is 19.0 Å². The largest absolute Gasteiger partial charge is 0.355 e. The Labute approximate surface area is 98.6 Å². The molecule has 3 heteroatoms. The molecule has 0 aromatic carbocycles. The third kappa shape index (κ3) is 2.76. The van der Waals surface area contributed by atoms with E-state index < -0.39 is 0 Å². The topological polar surface area (TPSA) is 32.3 Å². The zero-order valence-electron chi connectivity index (χ0n) is 10.5. The van der Waals surface area contributed by atoms with Crippen LogP contribution in [0, 0.1) is 17.8 Å². The number of fused-ring (bicyclic) bond motifs is 1. The van der Waals surface area contributed by atoms with Gasteiger partial charge in [0.05, 0.1) is 0 Å². The van der Waals surface area contributed by atoms with Gasteiger partial charge in [0.1, 0.15) is 0 Å². The van der Waals surface area contributed by atoms with Crippen LogP contribution in [0.3, 0.4) is 0 Å². The van der Waals surface area contributed by atoms with Crippen molar-refractivity contribution in [2.75, 3.05) is 26.2 Å². The van der Waals surface area contributed by atoms with Crippen LogP contribution in [0.25, 0.3) is 0 Å². The summed E-state index contributed by atoms with van der Waals surface area (Å²) in [7, 11) is 0. The van der Waals surface area contributed by atoms with Crippen LogP contribution in [-0.2, 0) is 4.79 Å². The Kier molecular flexibility index (Phi) is 3.85. The number of hydrogen-bond acceptors (Lipinski definition) is 2. The summed E-state index contributed by atoms with van der Waals surface area (Å²) in [5.74, 6) is 2.44. The van der Waals surface area contributed by atoms with E-state index in [1.165, 1.54) is 6.42 Å². The van der Waals surface area contributed by atoms with E-state index in [4.69, 9.17) is 0 Å². The van der Waals surface area contributed by atoms with Crippen LogP contribution in [0.4, 0.5) is 0 Å². The van der Waals surface area contributed by atoms with Crippen LogP contribution >= 0.6 is 0 Å². The molecule has 2 saturated carbocycles. The zero-order valence-corrected chi connectivity index (χ0v) is 10.5. The van der Waals surface area contributed by atoms with E-state index in [1.54, 1.807) is 0 Å². The third-order valence-electron chi connectivity index (χ3n) is 4.24. The predicted molar refractivity (Wildman–Crippen MR) is 65.1 cm³/mol. The quantitative estimate of drug-likeness (QED) is 0.741. The second-order valence-corrected chi connectivity index (χ2v) is 5.24. The first-order valence-corrected chi connectivity index (χ1v) is 6.74. The summed E-state index contributed by atoms with van der Waals surface area (Å²) in [5.41, 5.74) is 0. The fraction of sp³-hybridized carbons (Fsp3) is 0.923. The van der Waals surface area contributed by atoms with Crippen LogP contribution in [0.15, 0.2) is 0 Å². The zero-order chi connectivity index (χ0) is 11.5. The number of nitrogens with one attached hydrogen (secondary N) is 1. The number of amides is 1. The number of rotatable bonds is 6. The SMILES string of the molecule is CCN(CC)CCNC(=O)C1CC2CC2C1. The van der Waals surface area contributed by atoms with Crippen LogP contribution in [0.2, 0.25) is 0 Å². The highest BCUT2D eigenvalue weighted by Gasteiger charge is 2.47. The number of carbonyl (C=O) groups excluding carboxylic acids is 1. The van der Waals surface area contributed by atoms with Crippen molar-refractivity contribution in [2.45, 2.75) is 33.1 Å². The van der Waals surface area contributed by atoms with Crippen LogP contribution < -0.4 is 5.32 Å². The lowest BCUT2D eigenvalue weighted by atomic mass is 10.0. The fourth-order valence-electron chi connectivity index (χ4n) is 2.95. The first-order valence-electron chi connectivity index (χ1n) is 6.74. The van der Waals surface area contributed by atoms with Gasteiger partial charge in [-0.1, -0.05) is 13.8 Å². The first-order chi connectivity index (χ1) is 7.74. The molecule has 2 aliphatic rings. The number of carbonyl (C=O) groups is 1. The van der Waals surface area contributed by atoms with E-state index in [9.17, 15) is 4.79 Å². The molecule has 0 aromatic rings. The Morgan fingerprint density at radius 2 is 1.81 bits per heavy atom. The summed E-state index contributed by atoms with van der Waals surface area (Å²) in [5, 5.41) is 3.08. The minimum Gasteiger partial charge on any atom is -0.355 e. The second kappa shape index (κ2) is 5.17. The lowest BCUT2D eigenvalue weighted by Crippen LogP contribution is -2.37. The summed E-state index contributed by atoms with van der Waals surface area (Å²) in [6, 6.07) is 0. The van der Waals surface area contributed by atoms with Crippen molar-refractivity contribution >= 4 is 5.91 Å². The van der Waals surface area contributed by atoms with Gasteiger partial charge in [-0.2, -0.15) is 0 Å². The van der Waals surface area contributed by atoms with Crippen LogP contribution in [-0.4, -0.2) is 37.0 Å². The molecule has 0 radical (unpaired) electrons. The van der Waals surface area contributed by atoms with Gasteiger partial charge in [0.2, 0.25) is 5.91 Å². The molecule has 1 amide bonds.